The molecule has 29 heavy (non-hydrogen) atoms. The van der Waals surface area contributed by atoms with Crippen LogP contribution in [0.2, 0.25) is 0 Å². The van der Waals surface area contributed by atoms with Crippen molar-refractivity contribution in [3.8, 4) is 0 Å². The fourth-order valence-corrected chi connectivity index (χ4v) is 4.28. The lowest BCUT2D eigenvalue weighted by molar-refractivity contribution is 0.0919. The summed E-state index contributed by atoms with van der Waals surface area (Å²) in [6.07, 6.45) is 0. The third-order valence-electron chi connectivity index (χ3n) is 3.80. The molecule has 2 rings (SSSR count). The standard InChI is InChI=1S/C19H25N3O5S2/c1-19(2,3)20-18(23)14-6-8-15(9-7-14)21-28(24,25)16-10-12-17(13-11-16)29(26,27)22(4)5/h6-13,21H,1-5H3,(H,20,23). The maximum atomic E-state index is 12.6. The van der Waals surface area contributed by atoms with Crippen LogP contribution in [-0.2, 0) is 20.0 Å². The first-order valence-electron chi connectivity index (χ1n) is 8.70. The van der Waals surface area contributed by atoms with E-state index in [0.717, 1.165) is 4.31 Å². The van der Waals surface area contributed by atoms with Gasteiger partial charge in [0.2, 0.25) is 10.0 Å². The number of hydrogen-bond donors (Lipinski definition) is 2. The number of carbonyl (C=O) groups is 1. The lowest BCUT2D eigenvalue weighted by Gasteiger charge is -2.20. The number of sulfonamides is 2. The zero-order valence-electron chi connectivity index (χ0n) is 16.9. The number of benzene rings is 2. The highest BCUT2D eigenvalue weighted by molar-refractivity contribution is 7.92. The summed E-state index contributed by atoms with van der Waals surface area (Å²) in [6.45, 7) is 5.59. The van der Waals surface area contributed by atoms with Gasteiger partial charge in [-0.2, -0.15) is 0 Å². The summed E-state index contributed by atoms with van der Waals surface area (Å²) in [4.78, 5) is 12.1. The van der Waals surface area contributed by atoms with Gasteiger partial charge in [0.25, 0.3) is 15.9 Å². The van der Waals surface area contributed by atoms with Crippen molar-refractivity contribution in [3.05, 3.63) is 54.1 Å². The van der Waals surface area contributed by atoms with Gasteiger partial charge in [0.1, 0.15) is 0 Å². The fraction of sp³-hybridized carbons (Fsp3) is 0.316. The van der Waals surface area contributed by atoms with Crippen molar-refractivity contribution in [1.29, 1.82) is 0 Å². The predicted octanol–water partition coefficient (Wildman–Crippen LogP) is 2.27. The highest BCUT2D eigenvalue weighted by Gasteiger charge is 2.20. The maximum absolute atomic E-state index is 12.6. The molecule has 0 atom stereocenters. The molecule has 0 aliphatic heterocycles. The molecule has 0 aliphatic carbocycles. The molecule has 2 aromatic carbocycles. The van der Waals surface area contributed by atoms with Crippen LogP contribution in [0.3, 0.4) is 0 Å². The predicted molar refractivity (Wildman–Crippen MR) is 112 cm³/mol. The van der Waals surface area contributed by atoms with Gasteiger partial charge in [-0.3, -0.25) is 9.52 Å². The zero-order chi connectivity index (χ0) is 22.0. The van der Waals surface area contributed by atoms with E-state index in [2.05, 4.69) is 10.0 Å². The Balaban J connectivity index is 2.18. The SMILES string of the molecule is CN(C)S(=O)(=O)c1ccc(S(=O)(=O)Nc2ccc(C(=O)NC(C)(C)C)cc2)cc1. The summed E-state index contributed by atoms with van der Waals surface area (Å²) in [5, 5.41) is 2.82. The molecule has 0 saturated heterocycles. The van der Waals surface area contributed by atoms with E-state index in [0.29, 0.717) is 5.56 Å². The monoisotopic (exact) mass is 439 g/mol. The molecule has 0 bridgehead atoms. The quantitative estimate of drug-likeness (QED) is 0.717. The molecule has 0 unspecified atom stereocenters. The molecule has 0 heterocycles. The van der Waals surface area contributed by atoms with E-state index < -0.39 is 20.0 Å². The molecule has 2 aromatic rings. The average molecular weight is 440 g/mol. The van der Waals surface area contributed by atoms with Gasteiger partial charge in [-0.25, -0.2) is 21.1 Å². The average Bonchev–Trinajstić information content (AvgIpc) is 2.60. The first-order chi connectivity index (χ1) is 13.2. The van der Waals surface area contributed by atoms with Crippen molar-refractivity contribution in [2.45, 2.75) is 36.1 Å². The Morgan fingerprint density at radius 1 is 0.828 bits per heavy atom. The number of nitrogens with one attached hydrogen (secondary N) is 2. The summed E-state index contributed by atoms with van der Waals surface area (Å²) in [7, 11) is -4.77. The highest BCUT2D eigenvalue weighted by Crippen LogP contribution is 2.20. The normalized spacial score (nSPS) is 12.6. The van der Waals surface area contributed by atoms with E-state index >= 15 is 0 Å². The molecule has 0 aliphatic rings. The smallest absolute Gasteiger partial charge is 0.261 e. The van der Waals surface area contributed by atoms with Gasteiger partial charge in [-0.05, 0) is 69.3 Å². The Morgan fingerprint density at radius 3 is 1.76 bits per heavy atom. The molecule has 158 valence electrons. The van der Waals surface area contributed by atoms with Gasteiger partial charge >= 0.3 is 0 Å². The first-order valence-corrected chi connectivity index (χ1v) is 11.6. The summed E-state index contributed by atoms with van der Waals surface area (Å²) in [6, 6.07) is 10.9. The molecular weight excluding hydrogens is 414 g/mol. The third kappa shape index (κ3) is 5.78. The molecule has 0 spiro atoms. The van der Waals surface area contributed by atoms with Crippen molar-refractivity contribution in [3.63, 3.8) is 0 Å². The number of hydrogen-bond acceptors (Lipinski definition) is 5. The second-order valence-electron chi connectivity index (χ2n) is 7.65. The van der Waals surface area contributed by atoms with Crippen LogP contribution in [0.4, 0.5) is 5.69 Å². The van der Waals surface area contributed by atoms with Crippen LogP contribution in [0, 0.1) is 0 Å². The van der Waals surface area contributed by atoms with E-state index in [4.69, 9.17) is 0 Å². The van der Waals surface area contributed by atoms with Crippen LogP contribution >= 0.6 is 0 Å². The molecule has 8 nitrogen and oxygen atoms in total. The Hall–Kier alpha value is -2.43. The largest absolute Gasteiger partial charge is 0.347 e. The van der Waals surface area contributed by atoms with Crippen LogP contribution < -0.4 is 10.0 Å². The number of anilines is 1. The topological polar surface area (TPSA) is 113 Å². The summed E-state index contributed by atoms with van der Waals surface area (Å²) >= 11 is 0. The molecule has 0 aromatic heterocycles. The van der Waals surface area contributed by atoms with Crippen LogP contribution in [-0.4, -0.2) is 46.7 Å². The zero-order valence-corrected chi connectivity index (χ0v) is 18.6. The Kier molecular flexibility index (Phi) is 6.41. The number of nitrogens with zero attached hydrogens (tertiary/aromatic N) is 1. The lowest BCUT2D eigenvalue weighted by Crippen LogP contribution is -2.40. The van der Waals surface area contributed by atoms with Crippen LogP contribution in [0.25, 0.3) is 0 Å². The van der Waals surface area contributed by atoms with Crippen molar-refractivity contribution in [1.82, 2.24) is 9.62 Å². The lowest BCUT2D eigenvalue weighted by atomic mass is 10.1. The number of rotatable bonds is 6. The molecule has 0 fully saturated rings. The summed E-state index contributed by atoms with van der Waals surface area (Å²) in [5.74, 6) is -0.260. The van der Waals surface area contributed by atoms with Gasteiger partial charge in [0.05, 0.1) is 9.79 Å². The molecule has 0 saturated carbocycles. The second-order valence-corrected chi connectivity index (χ2v) is 11.5. The van der Waals surface area contributed by atoms with Crippen LogP contribution in [0.15, 0.2) is 58.3 Å². The minimum absolute atomic E-state index is 0.00402. The second kappa shape index (κ2) is 8.13. The van der Waals surface area contributed by atoms with E-state index in [1.165, 1.54) is 62.6 Å². The molecule has 1 amide bonds. The Morgan fingerprint density at radius 2 is 1.31 bits per heavy atom. The molecule has 10 heteroatoms. The van der Waals surface area contributed by atoms with Crippen LogP contribution in [0.5, 0.6) is 0 Å². The van der Waals surface area contributed by atoms with E-state index in [-0.39, 0.29) is 26.9 Å². The van der Waals surface area contributed by atoms with Crippen molar-refractivity contribution in [2.24, 2.45) is 0 Å². The minimum atomic E-state index is -3.92. The molecule has 0 radical (unpaired) electrons. The van der Waals surface area contributed by atoms with Gasteiger partial charge in [-0.1, -0.05) is 0 Å². The third-order valence-corrected chi connectivity index (χ3v) is 7.03. The van der Waals surface area contributed by atoms with Gasteiger partial charge < -0.3 is 5.32 Å². The number of carbonyl (C=O) groups excluding carboxylic acids is 1. The Labute approximate surface area is 172 Å². The van der Waals surface area contributed by atoms with E-state index in [1.807, 2.05) is 20.8 Å². The van der Waals surface area contributed by atoms with Crippen molar-refractivity contribution < 1.29 is 21.6 Å². The van der Waals surface area contributed by atoms with Gasteiger partial charge in [-0.15, -0.1) is 0 Å². The van der Waals surface area contributed by atoms with Crippen molar-refractivity contribution >= 4 is 31.6 Å². The Bertz CT molecular complexity index is 1080. The molecular formula is C19H25N3O5S2. The number of amides is 1. The van der Waals surface area contributed by atoms with E-state index in [1.54, 1.807) is 0 Å². The van der Waals surface area contributed by atoms with Gasteiger partial charge in [0, 0.05) is 30.9 Å². The summed E-state index contributed by atoms with van der Waals surface area (Å²) in [5.41, 5.74) is 0.298. The van der Waals surface area contributed by atoms with E-state index in [9.17, 15) is 21.6 Å². The minimum Gasteiger partial charge on any atom is -0.347 e. The molecule has 2 N–H and O–H groups in total. The van der Waals surface area contributed by atoms with Gasteiger partial charge in [0.15, 0.2) is 0 Å². The van der Waals surface area contributed by atoms with Crippen molar-refractivity contribution in [2.75, 3.05) is 18.8 Å². The van der Waals surface area contributed by atoms with Crippen LogP contribution in [0.1, 0.15) is 31.1 Å². The maximum Gasteiger partial charge on any atom is 0.261 e. The fourth-order valence-electron chi connectivity index (χ4n) is 2.32. The first kappa shape index (κ1) is 22.9. The summed E-state index contributed by atoms with van der Waals surface area (Å²) < 4.78 is 52.7. The highest BCUT2D eigenvalue weighted by atomic mass is 32.2.